The first-order chi connectivity index (χ1) is 7.98. The monoisotopic (exact) mass is 279 g/mol. The van der Waals surface area contributed by atoms with Gasteiger partial charge in [-0.25, -0.2) is 22.9 Å². The maximum absolute atomic E-state index is 11.1. The third-order valence-electron chi connectivity index (χ3n) is 1.85. The Morgan fingerprint density at radius 3 is 2.88 bits per heavy atom. The lowest BCUT2D eigenvalue weighted by Gasteiger charge is -2.02. The smallest absolute Gasteiger partial charge is 0.349 e. The Morgan fingerprint density at radius 1 is 1.59 bits per heavy atom. The van der Waals surface area contributed by atoms with Crippen LogP contribution in [0.2, 0.25) is 0 Å². The lowest BCUT2D eigenvalue weighted by molar-refractivity contribution is 0.0606. The van der Waals surface area contributed by atoms with Crippen LogP contribution in [0.3, 0.4) is 0 Å². The number of esters is 1. The lowest BCUT2D eigenvalue weighted by Crippen LogP contribution is -2.26. The van der Waals surface area contributed by atoms with E-state index in [1.807, 2.05) is 0 Å². The van der Waals surface area contributed by atoms with Crippen LogP contribution in [-0.2, 0) is 14.8 Å². The first kappa shape index (κ1) is 13.9. The van der Waals surface area contributed by atoms with E-state index in [-0.39, 0.29) is 12.3 Å². The summed E-state index contributed by atoms with van der Waals surface area (Å²) in [5, 5.41) is 3.30. The van der Waals surface area contributed by atoms with Crippen molar-refractivity contribution in [1.29, 1.82) is 0 Å². The van der Waals surface area contributed by atoms with Gasteiger partial charge in [0.25, 0.3) is 0 Å². The number of nitrogens with zero attached hydrogens (tertiary/aromatic N) is 1. The summed E-state index contributed by atoms with van der Waals surface area (Å²) in [5.74, 6) is -0.519. The topological polar surface area (TPSA) is 97.4 Å². The number of hydrogen-bond acceptors (Lipinski definition) is 7. The van der Waals surface area contributed by atoms with Gasteiger partial charge in [0.1, 0.15) is 4.88 Å². The maximum atomic E-state index is 11.1. The van der Waals surface area contributed by atoms with E-state index in [2.05, 4.69) is 19.8 Å². The van der Waals surface area contributed by atoms with E-state index in [4.69, 9.17) is 0 Å². The number of ether oxygens (including phenoxy) is 1. The molecule has 1 heterocycles. The Kier molecular flexibility index (Phi) is 4.85. The van der Waals surface area contributed by atoms with E-state index in [0.717, 1.165) is 11.3 Å². The molecule has 2 N–H and O–H groups in total. The molecular weight excluding hydrogens is 266 g/mol. The van der Waals surface area contributed by atoms with Crippen molar-refractivity contribution in [3.63, 3.8) is 0 Å². The molecule has 0 aliphatic rings. The predicted octanol–water partition coefficient (Wildman–Crippen LogP) is -0.109. The summed E-state index contributed by atoms with van der Waals surface area (Å²) in [7, 11) is -0.590. The molecule has 0 aliphatic heterocycles. The minimum atomic E-state index is -3.23. The molecule has 0 saturated carbocycles. The number of carbonyl (C=O) groups excluding carboxylic acids is 1. The van der Waals surface area contributed by atoms with E-state index in [0.29, 0.717) is 10.0 Å². The van der Waals surface area contributed by atoms with Crippen molar-refractivity contribution in [1.82, 2.24) is 9.71 Å². The molecule has 0 unspecified atom stereocenters. The molecule has 0 radical (unpaired) electrons. The molecule has 7 nitrogen and oxygen atoms in total. The van der Waals surface area contributed by atoms with Gasteiger partial charge in [-0.05, 0) is 7.05 Å². The number of nitrogens with one attached hydrogen (secondary N) is 2. The highest BCUT2D eigenvalue weighted by molar-refractivity contribution is 7.89. The molecule has 17 heavy (non-hydrogen) atoms. The van der Waals surface area contributed by atoms with Crippen molar-refractivity contribution >= 4 is 32.5 Å². The number of methoxy groups -OCH3 is 1. The fourth-order valence-corrected chi connectivity index (χ4v) is 2.28. The summed E-state index contributed by atoms with van der Waals surface area (Å²) >= 11 is 1.11. The van der Waals surface area contributed by atoms with E-state index in [9.17, 15) is 13.2 Å². The van der Waals surface area contributed by atoms with E-state index in [1.54, 1.807) is 0 Å². The molecule has 96 valence electrons. The second-order valence-electron chi connectivity index (χ2n) is 2.97. The largest absolute Gasteiger partial charge is 0.465 e. The number of rotatable bonds is 6. The molecule has 0 amide bonds. The summed E-state index contributed by atoms with van der Waals surface area (Å²) in [6.45, 7) is 0.220. The Labute approximate surface area is 103 Å². The zero-order valence-corrected chi connectivity index (χ0v) is 11.0. The average Bonchev–Trinajstić information content (AvgIpc) is 2.76. The number of hydrogen-bond donors (Lipinski definition) is 2. The zero-order valence-electron chi connectivity index (χ0n) is 9.39. The Bertz CT molecular complexity index is 483. The molecule has 1 aromatic heterocycles. The minimum absolute atomic E-state index is 0.0589. The van der Waals surface area contributed by atoms with Crippen LogP contribution < -0.4 is 10.0 Å². The second-order valence-corrected chi connectivity index (χ2v) is 6.05. The fourth-order valence-electron chi connectivity index (χ4n) is 0.945. The lowest BCUT2D eigenvalue weighted by atomic mass is 10.6. The van der Waals surface area contributed by atoms with Gasteiger partial charge in [0.05, 0.1) is 19.1 Å². The van der Waals surface area contributed by atoms with Crippen LogP contribution in [0.5, 0.6) is 0 Å². The zero-order chi connectivity index (χ0) is 12.9. The van der Waals surface area contributed by atoms with Crippen molar-refractivity contribution in [3.8, 4) is 0 Å². The third kappa shape index (κ3) is 4.29. The number of aromatic nitrogens is 1. The van der Waals surface area contributed by atoms with E-state index in [1.165, 1.54) is 20.4 Å². The van der Waals surface area contributed by atoms with Gasteiger partial charge in [0, 0.05) is 6.54 Å². The Hall–Kier alpha value is -1.19. The highest BCUT2D eigenvalue weighted by Gasteiger charge is 2.11. The number of sulfonamides is 1. The molecule has 0 spiro atoms. The van der Waals surface area contributed by atoms with Gasteiger partial charge in [0.2, 0.25) is 10.0 Å². The molecule has 1 rings (SSSR count). The fraction of sp³-hybridized carbons (Fsp3) is 0.500. The molecular formula is C8H13N3O4S2. The molecule has 0 atom stereocenters. The van der Waals surface area contributed by atoms with Crippen LogP contribution in [0.4, 0.5) is 5.13 Å². The van der Waals surface area contributed by atoms with Crippen LogP contribution in [0.25, 0.3) is 0 Å². The van der Waals surface area contributed by atoms with Crippen molar-refractivity contribution in [2.24, 2.45) is 0 Å². The predicted molar refractivity (Wildman–Crippen MR) is 64.8 cm³/mol. The van der Waals surface area contributed by atoms with Crippen LogP contribution in [0.1, 0.15) is 9.67 Å². The summed E-state index contributed by atoms with van der Waals surface area (Å²) in [6.07, 6.45) is 1.38. The van der Waals surface area contributed by atoms with Crippen molar-refractivity contribution in [3.05, 3.63) is 11.1 Å². The Balaban J connectivity index is 2.48. The molecule has 0 aromatic carbocycles. The summed E-state index contributed by atoms with van der Waals surface area (Å²) in [6, 6.07) is 0. The van der Waals surface area contributed by atoms with E-state index >= 15 is 0 Å². The molecule has 0 bridgehead atoms. The standard InChI is InChI=1S/C8H13N3O4S2/c1-9-17(13,14)4-3-10-8-11-5-6(16-8)7(12)15-2/h5,9H,3-4H2,1-2H3,(H,10,11). The Morgan fingerprint density at radius 2 is 2.29 bits per heavy atom. The van der Waals surface area contributed by atoms with Crippen molar-refractivity contribution < 1.29 is 17.9 Å². The van der Waals surface area contributed by atoms with Crippen LogP contribution in [0, 0.1) is 0 Å². The van der Waals surface area contributed by atoms with Gasteiger partial charge in [-0.1, -0.05) is 11.3 Å². The van der Waals surface area contributed by atoms with Gasteiger partial charge >= 0.3 is 5.97 Å². The summed E-state index contributed by atoms with van der Waals surface area (Å²) < 4.78 is 28.9. The van der Waals surface area contributed by atoms with Crippen LogP contribution >= 0.6 is 11.3 Å². The van der Waals surface area contributed by atoms with Crippen LogP contribution in [-0.4, -0.2) is 45.8 Å². The van der Waals surface area contributed by atoms with Crippen molar-refractivity contribution in [2.75, 3.05) is 31.8 Å². The average molecular weight is 279 g/mol. The van der Waals surface area contributed by atoms with Gasteiger partial charge in [-0.2, -0.15) is 0 Å². The summed E-state index contributed by atoms with van der Waals surface area (Å²) in [5.41, 5.74) is 0. The maximum Gasteiger partial charge on any atom is 0.349 e. The molecule has 0 saturated heterocycles. The van der Waals surface area contributed by atoms with Gasteiger partial charge in [0.15, 0.2) is 5.13 Å². The number of anilines is 1. The van der Waals surface area contributed by atoms with Gasteiger partial charge in [-0.3, -0.25) is 0 Å². The van der Waals surface area contributed by atoms with Gasteiger partial charge < -0.3 is 10.1 Å². The van der Waals surface area contributed by atoms with E-state index < -0.39 is 16.0 Å². The van der Waals surface area contributed by atoms with Crippen LogP contribution in [0.15, 0.2) is 6.20 Å². The normalized spacial score (nSPS) is 11.2. The minimum Gasteiger partial charge on any atom is -0.465 e. The number of carbonyl (C=O) groups is 1. The first-order valence-electron chi connectivity index (χ1n) is 4.67. The van der Waals surface area contributed by atoms with Gasteiger partial charge in [-0.15, -0.1) is 0 Å². The number of thiazole rings is 1. The van der Waals surface area contributed by atoms with Crippen molar-refractivity contribution in [2.45, 2.75) is 0 Å². The second kappa shape index (κ2) is 5.94. The quantitative estimate of drug-likeness (QED) is 0.705. The molecule has 0 aliphatic carbocycles. The summed E-state index contributed by atoms with van der Waals surface area (Å²) in [4.78, 5) is 15.4. The highest BCUT2D eigenvalue weighted by Crippen LogP contribution is 2.18. The third-order valence-corrected chi connectivity index (χ3v) is 4.15. The molecule has 9 heteroatoms. The molecule has 1 aromatic rings. The molecule has 0 fully saturated rings. The first-order valence-corrected chi connectivity index (χ1v) is 7.14. The highest BCUT2D eigenvalue weighted by atomic mass is 32.2. The SMILES string of the molecule is CNS(=O)(=O)CCNc1ncc(C(=O)OC)s1.